The predicted octanol–water partition coefficient (Wildman–Crippen LogP) is 4.27. The van der Waals surface area contributed by atoms with E-state index in [1.165, 1.54) is 0 Å². The van der Waals surface area contributed by atoms with Gasteiger partial charge in [-0.1, -0.05) is 37.3 Å². The van der Waals surface area contributed by atoms with Crippen LogP contribution in [0.15, 0.2) is 55.6 Å². The second-order valence-corrected chi connectivity index (χ2v) is 14.1. The summed E-state index contributed by atoms with van der Waals surface area (Å²) in [5.74, 6) is -1.68. The fraction of sp³-hybridized carbons (Fsp3) is 0.581. The van der Waals surface area contributed by atoms with Crippen LogP contribution in [0.25, 0.3) is 0 Å². The van der Waals surface area contributed by atoms with E-state index in [2.05, 4.69) is 20.1 Å². The minimum absolute atomic E-state index is 0.111. The molecular weight excluding hydrogens is 510 g/mol. The number of aliphatic hydroxyl groups excluding tert-OH is 1. The fourth-order valence-corrected chi connectivity index (χ4v) is 9.35. The van der Waals surface area contributed by atoms with Gasteiger partial charge in [-0.3, -0.25) is 14.4 Å². The number of fused-ring (bicyclic) bond motifs is 1. The molecule has 6 atom stereocenters. The molecule has 39 heavy (non-hydrogen) atoms. The van der Waals surface area contributed by atoms with Crippen LogP contribution in [0.3, 0.4) is 0 Å². The van der Waals surface area contributed by atoms with Gasteiger partial charge in [0.15, 0.2) is 0 Å². The van der Waals surface area contributed by atoms with Gasteiger partial charge in [-0.05, 0) is 59.1 Å². The molecule has 0 aromatic heterocycles. The van der Waals surface area contributed by atoms with Gasteiger partial charge in [0.05, 0.1) is 29.2 Å². The predicted molar refractivity (Wildman–Crippen MR) is 157 cm³/mol. The molecule has 3 fully saturated rings. The first kappa shape index (κ1) is 29.4. The maximum Gasteiger partial charge on any atom is 0.247 e. The Balaban J connectivity index is 1.85. The van der Waals surface area contributed by atoms with Gasteiger partial charge in [-0.25, -0.2) is 0 Å². The summed E-state index contributed by atoms with van der Waals surface area (Å²) in [5, 5.41) is 10.3. The van der Waals surface area contributed by atoms with Crippen LogP contribution in [-0.2, 0) is 14.4 Å². The molecule has 0 radical (unpaired) electrons. The van der Waals surface area contributed by atoms with Crippen LogP contribution in [0.4, 0.5) is 5.69 Å². The van der Waals surface area contributed by atoms with E-state index >= 15 is 0 Å². The SMILES string of the molecule is C=CCN(C(=O)[C@@H]1[C@H]2C(=O)N([C@@H](CC)CO)C(C(=O)N(CC=C)C(C)(C)C)C23CC[C@@]1(C)S3)c1ccccc1. The Bertz CT molecular complexity index is 1130. The molecule has 3 aliphatic rings. The highest BCUT2D eigenvalue weighted by Gasteiger charge is 2.78. The van der Waals surface area contributed by atoms with Gasteiger partial charge in [0.2, 0.25) is 17.7 Å². The lowest BCUT2D eigenvalue weighted by Gasteiger charge is -2.43. The smallest absolute Gasteiger partial charge is 0.247 e. The van der Waals surface area contributed by atoms with E-state index in [0.717, 1.165) is 12.1 Å². The van der Waals surface area contributed by atoms with Crippen molar-refractivity contribution in [2.45, 2.75) is 81.0 Å². The first-order valence-electron chi connectivity index (χ1n) is 13.9. The van der Waals surface area contributed by atoms with Gasteiger partial charge in [0.1, 0.15) is 6.04 Å². The summed E-state index contributed by atoms with van der Waals surface area (Å²) in [7, 11) is 0. The monoisotopic (exact) mass is 553 g/mol. The first-order valence-corrected chi connectivity index (χ1v) is 14.8. The van der Waals surface area contributed by atoms with Crippen LogP contribution in [0.2, 0.25) is 0 Å². The molecule has 4 rings (SSSR count). The van der Waals surface area contributed by atoms with Gasteiger partial charge in [0.25, 0.3) is 0 Å². The number of anilines is 1. The van der Waals surface area contributed by atoms with Crippen molar-refractivity contribution in [3.05, 3.63) is 55.6 Å². The van der Waals surface area contributed by atoms with E-state index in [1.807, 2.05) is 58.0 Å². The van der Waals surface area contributed by atoms with Crippen molar-refractivity contribution < 1.29 is 19.5 Å². The third kappa shape index (κ3) is 4.63. The van der Waals surface area contributed by atoms with Crippen molar-refractivity contribution in [1.82, 2.24) is 9.80 Å². The van der Waals surface area contributed by atoms with E-state index in [9.17, 15) is 19.5 Å². The average molecular weight is 554 g/mol. The van der Waals surface area contributed by atoms with Gasteiger partial charge >= 0.3 is 0 Å². The molecule has 3 heterocycles. The minimum atomic E-state index is -0.763. The number of thioether (sulfide) groups is 1. The molecule has 2 unspecified atom stereocenters. The topological polar surface area (TPSA) is 81.2 Å². The number of para-hydroxylation sites is 1. The van der Waals surface area contributed by atoms with Crippen molar-refractivity contribution in [2.24, 2.45) is 11.8 Å². The molecule has 1 aromatic rings. The van der Waals surface area contributed by atoms with Crippen molar-refractivity contribution in [3.63, 3.8) is 0 Å². The Labute approximate surface area is 237 Å². The first-order chi connectivity index (χ1) is 18.4. The van der Waals surface area contributed by atoms with Crippen molar-refractivity contribution in [2.75, 3.05) is 24.6 Å². The number of carbonyl (C=O) groups is 3. The molecule has 212 valence electrons. The summed E-state index contributed by atoms with van der Waals surface area (Å²) in [6, 6.07) is 8.21. The second kappa shape index (κ2) is 10.8. The highest BCUT2D eigenvalue weighted by atomic mass is 32.2. The van der Waals surface area contributed by atoms with Crippen LogP contribution in [0, 0.1) is 11.8 Å². The molecule has 0 aliphatic carbocycles. The number of nitrogens with zero attached hydrogens (tertiary/aromatic N) is 3. The second-order valence-electron chi connectivity index (χ2n) is 12.2. The van der Waals surface area contributed by atoms with Crippen LogP contribution >= 0.6 is 11.8 Å². The lowest BCUT2D eigenvalue weighted by Crippen LogP contribution is -2.60. The van der Waals surface area contributed by atoms with E-state index in [1.54, 1.807) is 38.6 Å². The maximum atomic E-state index is 14.5. The lowest BCUT2D eigenvalue weighted by atomic mass is 9.66. The molecule has 1 aromatic carbocycles. The fourth-order valence-electron chi connectivity index (χ4n) is 7.02. The van der Waals surface area contributed by atoms with Crippen LogP contribution < -0.4 is 4.90 Å². The molecule has 2 bridgehead atoms. The number of hydrogen-bond donors (Lipinski definition) is 1. The zero-order chi connectivity index (χ0) is 28.8. The molecule has 3 saturated heterocycles. The highest BCUT2D eigenvalue weighted by molar-refractivity contribution is 8.02. The van der Waals surface area contributed by atoms with E-state index in [4.69, 9.17) is 0 Å². The number of carbonyl (C=O) groups excluding carboxylic acids is 3. The van der Waals surface area contributed by atoms with Crippen molar-refractivity contribution in [1.29, 1.82) is 0 Å². The number of rotatable bonds is 10. The molecule has 7 nitrogen and oxygen atoms in total. The number of aliphatic hydroxyl groups is 1. The molecule has 3 amide bonds. The Morgan fingerprint density at radius 1 is 1.15 bits per heavy atom. The third-order valence-corrected chi connectivity index (χ3v) is 10.8. The Hall–Kier alpha value is -2.58. The molecule has 0 saturated carbocycles. The van der Waals surface area contributed by atoms with Gasteiger partial charge in [-0.15, -0.1) is 24.9 Å². The Kier molecular flexibility index (Phi) is 8.12. The molecule has 3 aliphatic heterocycles. The zero-order valence-electron chi connectivity index (χ0n) is 23.9. The van der Waals surface area contributed by atoms with Crippen LogP contribution in [-0.4, -0.2) is 79.4 Å². The van der Waals surface area contributed by atoms with Crippen LogP contribution in [0.5, 0.6) is 0 Å². The zero-order valence-corrected chi connectivity index (χ0v) is 24.7. The van der Waals surface area contributed by atoms with Gasteiger partial charge in [-0.2, -0.15) is 0 Å². The normalized spacial score (nSPS) is 30.2. The van der Waals surface area contributed by atoms with E-state index in [-0.39, 0.29) is 24.3 Å². The van der Waals surface area contributed by atoms with Crippen molar-refractivity contribution in [3.8, 4) is 0 Å². The highest BCUT2D eigenvalue weighted by Crippen LogP contribution is 2.72. The molecule has 8 heteroatoms. The summed E-state index contributed by atoms with van der Waals surface area (Å²) in [4.78, 5) is 48.6. The Morgan fingerprint density at radius 3 is 2.33 bits per heavy atom. The summed E-state index contributed by atoms with van der Waals surface area (Å²) < 4.78 is -1.23. The third-order valence-electron chi connectivity index (χ3n) is 8.82. The Morgan fingerprint density at radius 2 is 1.79 bits per heavy atom. The summed E-state index contributed by atoms with van der Waals surface area (Å²) >= 11 is 1.66. The molecule has 1 N–H and O–H groups in total. The lowest BCUT2D eigenvalue weighted by molar-refractivity contribution is -0.148. The summed E-state index contributed by atoms with van der Waals surface area (Å²) in [5.41, 5.74) is 0.263. The summed E-state index contributed by atoms with van der Waals surface area (Å²) in [6.45, 7) is 18.1. The average Bonchev–Trinajstić information content (AvgIpc) is 3.47. The molecule has 1 spiro atoms. The van der Waals surface area contributed by atoms with Gasteiger partial charge in [0, 0.05) is 29.1 Å². The van der Waals surface area contributed by atoms with Crippen molar-refractivity contribution >= 4 is 35.2 Å². The number of likely N-dealkylation sites (tertiary alicyclic amines) is 1. The van der Waals surface area contributed by atoms with E-state index < -0.39 is 39.0 Å². The molecular formula is C31H43N3O4S. The number of amides is 3. The standard InChI is InChI=1S/C31H43N3O4S/c1-8-18-32(22-14-12-11-13-15-22)26(36)23-24-27(37)34(21(10-3)20-35)25(31(24)17-16-30(23,7)39-31)28(38)33(19-9-2)29(4,5)6/h8-9,11-15,21,23-25,35H,1-2,10,16-20H2,3-7H3/t21-,23-,24-,25?,30+,31?/m0/s1. The van der Waals surface area contributed by atoms with Gasteiger partial charge < -0.3 is 19.8 Å². The summed E-state index contributed by atoms with van der Waals surface area (Å²) in [6.07, 6.45) is 5.33. The maximum absolute atomic E-state index is 14.5. The minimum Gasteiger partial charge on any atom is -0.394 e. The number of benzene rings is 1. The quantitative estimate of drug-likeness (QED) is 0.438. The van der Waals surface area contributed by atoms with Crippen LogP contribution in [0.1, 0.15) is 53.9 Å². The van der Waals surface area contributed by atoms with E-state index in [0.29, 0.717) is 25.9 Å². The number of hydrogen-bond acceptors (Lipinski definition) is 5. The largest absolute Gasteiger partial charge is 0.394 e.